The maximum atomic E-state index is 12.3. The van der Waals surface area contributed by atoms with Gasteiger partial charge in [0.1, 0.15) is 11.4 Å². The summed E-state index contributed by atoms with van der Waals surface area (Å²) in [4.78, 5) is 20.9. The molecule has 1 aromatic carbocycles. The molecule has 1 heterocycles. The Kier molecular flexibility index (Phi) is 4.93. The van der Waals surface area contributed by atoms with Crippen LogP contribution in [-0.2, 0) is 6.42 Å². The highest BCUT2D eigenvalue weighted by atomic mass is 16.5. The summed E-state index contributed by atoms with van der Waals surface area (Å²) >= 11 is 0. The molecule has 0 spiro atoms. The van der Waals surface area contributed by atoms with Crippen LogP contribution in [0.25, 0.3) is 0 Å². The van der Waals surface area contributed by atoms with E-state index in [0.717, 1.165) is 36.3 Å². The van der Waals surface area contributed by atoms with Gasteiger partial charge in [-0.3, -0.25) is 4.79 Å². The van der Waals surface area contributed by atoms with Crippen LogP contribution in [-0.4, -0.2) is 35.6 Å². The van der Waals surface area contributed by atoms with Crippen molar-refractivity contribution in [3.05, 3.63) is 47.3 Å². The topological polar surface area (TPSA) is 76.1 Å². The van der Waals surface area contributed by atoms with Gasteiger partial charge in [-0.1, -0.05) is 12.1 Å². The minimum absolute atomic E-state index is 0.178. The molecule has 6 heteroatoms. The number of benzene rings is 1. The van der Waals surface area contributed by atoms with E-state index < -0.39 is 0 Å². The number of nitrogens with one attached hydrogen (secondary N) is 2. The van der Waals surface area contributed by atoms with Crippen molar-refractivity contribution in [1.29, 1.82) is 0 Å². The highest BCUT2D eigenvalue weighted by Gasteiger charge is 2.22. The Labute approximate surface area is 141 Å². The van der Waals surface area contributed by atoms with Crippen LogP contribution in [0.4, 0.5) is 5.95 Å². The van der Waals surface area contributed by atoms with Crippen molar-refractivity contribution >= 4 is 11.9 Å². The SMILES string of the molecule is COc1cccc(CCNC(=O)c2cc(C)nc(NC3CC3)n2)c1. The third-order valence-corrected chi connectivity index (χ3v) is 3.83. The summed E-state index contributed by atoms with van der Waals surface area (Å²) < 4.78 is 5.20. The number of aryl methyl sites for hydroxylation is 1. The Balaban J connectivity index is 1.57. The molecule has 3 rings (SSSR count). The van der Waals surface area contributed by atoms with Gasteiger partial charge in [-0.25, -0.2) is 9.97 Å². The quantitative estimate of drug-likeness (QED) is 0.817. The molecule has 0 saturated heterocycles. The number of carbonyl (C=O) groups excluding carboxylic acids is 1. The van der Waals surface area contributed by atoms with Crippen molar-refractivity contribution in [3.8, 4) is 5.75 Å². The summed E-state index contributed by atoms with van der Waals surface area (Å²) in [7, 11) is 1.64. The van der Waals surface area contributed by atoms with Gasteiger partial charge in [-0.2, -0.15) is 0 Å². The van der Waals surface area contributed by atoms with Gasteiger partial charge in [0.05, 0.1) is 7.11 Å². The smallest absolute Gasteiger partial charge is 0.270 e. The first-order valence-electron chi connectivity index (χ1n) is 8.17. The molecule has 1 aromatic heterocycles. The number of hydrogen-bond donors (Lipinski definition) is 2. The number of amides is 1. The first-order valence-corrected chi connectivity index (χ1v) is 8.17. The lowest BCUT2D eigenvalue weighted by Gasteiger charge is -2.09. The average Bonchev–Trinajstić information content (AvgIpc) is 3.38. The van der Waals surface area contributed by atoms with Gasteiger partial charge in [-0.15, -0.1) is 0 Å². The average molecular weight is 326 g/mol. The second-order valence-corrected chi connectivity index (χ2v) is 5.99. The number of ether oxygens (including phenoxy) is 1. The molecule has 0 unspecified atom stereocenters. The highest BCUT2D eigenvalue weighted by molar-refractivity contribution is 5.92. The summed E-state index contributed by atoms with van der Waals surface area (Å²) in [5, 5.41) is 6.14. The molecule has 1 fully saturated rings. The molecular formula is C18H22N4O2. The van der Waals surface area contributed by atoms with Crippen molar-refractivity contribution in [2.45, 2.75) is 32.2 Å². The molecule has 1 saturated carbocycles. The minimum Gasteiger partial charge on any atom is -0.497 e. The number of nitrogens with zero attached hydrogens (tertiary/aromatic N) is 2. The van der Waals surface area contributed by atoms with Crippen LogP contribution in [0.1, 0.15) is 34.6 Å². The van der Waals surface area contributed by atoms with Gasteiger partial charge in [-0.05, 0) is 49.9 Å². The molecule has 24 heavy (non-hydrogen) atoms. The molecule has 2 aromatic rings. The Morgan fingerprint density at radius 3 is 2.88 bits per heavy atom. The highest BCUT2D eigenvalue weighted by Crippen LogP contribution is 2.23. The maximum Gasteiger partial charge on any atom is 0.270 e. The zero-order valence-corrected chi connectivity index (χ0v) is 14.0. The predicted molar refractivity (Wildman–Crippen MR) is 92.4 cm³/mol. The third kappa shape index (κ3) is 4.44. The molecule has 0 radical (unpaired) electrons. The molecule has 0 atom stereocenters. The fourth-order valence-electron chi connectivity index (χ4n) is 2.40. The second kappa shape index (κ2) is 7.29. The fraction of sp³-hybridized carbons (Fsp3) is 0.389. The number of aromatic nitrogens is 2. The minimum atomic E-state index is -0.178. The Morgan fingerprint density at radius 2 is 2.12 bits per heavy atom. The lowest BCUT2D eigenvalue weighted by molar-refractivity contribution is 0.0949. The second-order valence-electron chi connectivity index (χ2n) is 5.99. The normalized spacial score (nSPS) is 13.4. The van der Waals surface area contributed by atoms with E-state index in [1.165, 1.54) is 0 Å². The predicted octanol–water partition coefficient (Wildman–Crippen LogP) is 2.34. The molecule has 1 aliphatic carbocycles. The number of methoxy groups -OCH3 is 1. The zero-order valence-electron chi connectivity index (χ0n) is 14.0. The van der Waals surface area contributed by atoms with Crippen LogP contribution in [0.5, 0.6) is 5.75 Å². The van der Waals surface area contributed by atoms with E-state index in [-0.39, 0.29) is 5.91 Å². The first-order chi connectivity index (χ1) is 11.6. The van der Waals surface area contributed by atoms with Gasteiger partial charge < -0.3 is 15.4 Å². The van der Waals surface area contributed by atoms with E-state index in [1.807, 2.05) is 31.2 Å². The lowest BCUT2D eigenvalue weighted by Crippen LogP contribution is -2.27. The van der Waals surface area contributed by atoms with E-state index in [9.17, 15) is 4.79 Å². The number of anilines is 1. The monoisotopic (exact) mass is 326 g/mol. The van der Waals surface area contributed by atoms with Crippen LogP contribution in [0, 0.1) is 6.92 Å². The number of carbonyl (C=O) groups is 1. The molecule has 0 aliphatic heterocycles. The van der Waals surface area contributed by atoms with Crippen LogP contribution < -0.4 is 15.4 Å². The van der Waals surface area contributed by atoms with Gasteiger partial charge in [0.2, 0.25) is 5.95 Å². The lowest BCUT2D eigenvalue weighted by atomic mass is 10.1. The molecule has 1 aliphatic rings. The van der Waals surface area contributed by atoms with Gasteiger partial charge >= 0.3 is 0 Å². The van der Waals surface area contributed by atoms with Crippen molar-refractivity contribution in [2.75, 3.05) is 19.0 Å². The molecule has 126 valence electrons. The third-order valence-electron chi connectivity index (χ3n) is 3.83. The Hall–Kier alpha value is -2.63. The van der Waals surface area contributed by atoms with Crippen LogP contribution >= 0.6 is 0 Å². The van der Waals surface area contributed by atoms with Gasteiger partial charge in [0, 0.05) is 18.3 Å². The standard InChI is InChI=1S/C18H22N4O2/c1-12-10-16(22-18(20-12)21-14-6-7-14)17(23)19-9-8-13-4-3-5-15(11-13)24-2/h3-5,10-11,14H,6-9H2,1-2H3,(H,19,23)(H,20,21,22). The molecule has 1 amide bonds. The molecular weight excluding hydrogens is 304 g/mol. The summed E-state index contributed by atoms with van der Waals surface area (Å²) in [5.41, 5.74) is 2.30. The van der Waals surface area contributed by atoms with E-state index in [2.05, 4.69) is 20.6 Å². The molecule has 2 N–H and O–H groups in total. The van der Waals surface area contributed by atoms with Crippen LogP contribution in [0.15, 0.2) is 30.3 Å². The van der Waals surface area contributed by atoms with Gasteiger partial charge in [0.15, 0.2) is 0 Å². The van der Waals surface area contributed by atoms with E-state index in [0.29, 0.717) is 24.2 Å². The van der Waals surface area contributed by atoms with E-state index in [4.69, 9.17) is 4.74 Å². The van der Waals surface area contributed by atoms with Crippen molar-refractivity contribution in [3.63, 3.8) is 0 Å². The summed E-state index contributed by atoms with van der Waals surface area (Å²) in [5.74, 6) is 1.18. The zero-order chi connectivity index (χ0) is 16.9. The molecule has 6 nitrogen and oxygen atoms in total. The summed E-state index contributed by atoms with van der Waals surface area (Å²) in [6.45, 7) is 2.41. The van der Waals surface area contributed by atoms with Crippen LogP contribution in [0.3, 0.4) is 0 Å². The summed E-state index contributed by atoms with van der Waals surface area (Å²) in [6, 6.07) is 9.99. The fourth-order valence-corrected chi connectivity index (χ4v) is 2.40. The summed E-state index contributed by atoms with van der Waals surface area (Å²) in [6.07, 6.45) is 3.01. The Bertz CT molecular complexity index is 729. The van der Waals surface area contributed by atoms with Crippen molar-refractivity contribution < 1.29 is 9.53 Å². The van der Waals surface area contributed by atoms with Crippen molar-refractivity contribution in [2.24, 2.45) is 0 Å². The molecule has 0 bridgehead atoms. The van der Waals surface area contributed by atoms with Crippen LogP contribution in [0.2, 0.25) is 0 Å². The van der Waals surface area contributed by atoms with E-state index in [1.54, 1.807) is 13.2 Å². The largest absolute Gasteiger partial charge is 0.497 e. The van der Waals surface area contributed by atoms with Gasteiger partial charge in [0.25, 0.3) is 5.91 Å². The Morgan fingerprint density at radius 1 is 1.29 bits per heavy atom. The first kappa shape index (κ1) is 16.2. The van der Waals surface area contributed by atoms with Crippen molar-refractivity contribution in [1.82, 2.24) is 15.3 Å². The van der Waals surface area contributed by atoms with E-state index >= 15 is 0 Å². The maximum absolute atomic E-state index is 12.3. The number of hydrogen-bond acceptors (Lipinski definition) is 5. The number of rotatable bonds is 7.